The highest BCUT2D eigenvalue weighted by Gasteiger charge is 2.24. The van der Waals surface area contributed by atoms with Crippen molar-refractivity contribution in [2.75, 3.05) is 50.6 Å². The molecule has 10 heteroatoms. The van der Waals surface area contributed by atoms with Crippen LogP contribution in [0.2, 0.25) is 5.02 Å². The van der Waals surface area contributed by atoms with Crippen LogP contribution in [0.3, 0.4) is 0 Å². The Morgan fingerprint density at radius 3 is 2.52 bits per heavy atom. The third-order valence-electron chi connectivity index (χ3n) is 4.55. The first-order valence-corrected chi connectivity index (χ1v) is 10.7. The molecular formula is C19H22ClN3O5S. The molecule has 1 amide bonds. The number of sulfonamides is 1. The predicted octanol–water partition coefficient (Wildman–Crippen LogP) is 2.38. The smallest absolute Gasteiger partial charge is 0.257 e. The number of anilines is 2. The van der Waals surface area contributed by atoms with Gasteiger partial charge in [-0.05, 0) is 36.4 Å². The van der Waals surface area contributed by atoms with Gasteiger partial charge in [0.25, 0.3) is 5.91 Å². The van der Waals surface area contributed by atoms with Crippen molar-refractivity contribution in [3.05, 3.63) is 47.0 Å². The number of phenolic OH excluding ortho intramolecular Hbond substituents is 1. The molecule has 8 nitrogen and oxygen atoms in total. The number of rotatable bonds is 5. The molecule has 2 aromatic rings. The van der Waals surface area contributed by atoms with Gasteiger partial charge in [-0.1, -0.05) is 11.6 Å². The number of benzene rings is 2. The van der Waals surface area contributed by atoms with Gasteiger partial charge in [0.15, 0.2) is 0 Å². The van der Waals surface area contributed by atoms with Crippen molar-refractivity contribution >= 4 is 38.9 Å². The Balaban J connectivity index is 2.04. The monoisotopic (exact) mass is 439 g/mol. The summed E-state index contributed by atoms with van der Waals surface area (Å²) in [5.41, 5.74) is 0.899. The summed E-state index contributed by atoms with van der Waals surface area (Å²) in [6.07, 6.45) is 0. The minimum atomic E-state index is -3.73. The number of nitrogens with one attached hydrogen (secondary N) is 1. The van der Waals surface area contributed by atoms with Crippen molar-refractivity contribution in [2.45, 2.75) is 4.90 Å². The zero-order chi connectivity index (χ0) is 21.2. The van der Waals surface area contributed by atoms with E-state index in [0.29, 0.717) is 37.0 Å². The van der Waals surface area contributed by atoms with Crippen molar-refractivity contribution in [3.8, 4) is 5.75 Å². The Kier molecular flexibility index (Phi) is 6.33. The van der Waals surface area contributed by atoms with E-state index in [-0.39, 0.29) is 21.9 Å². The minimum absolute atomic E-state index is 0.0000227. The quantitative estimate of drug-likeness (QED) is 0.694. The number of nitrogens with zero attached hydrogens (tertiary/aromatic N) is 2. The maximum Gasteiger partial charge on any atom is 0.257 e. The lowest BCUT2D eigenvalue weighted by atomic mass is 10.1. The van der Waals surface area contributed by atoms with Gasteiger partial charge < -0.3 is 20.1 Å². The van der Waals surface area contributed by atoms with Crippen LogP contribution in [0.1, 0.15) is 10.4 Å². The fraction of sp³-hybridized carbons (Fsp3) is 0.316. The molecule has 1 fully saturated rings. The Morgan fingerprint density at radius 2 is 1.86 bits per heavy atom. The first-order chi connectivity index (χ1) is 13.7. The summed E-state index contributed by atoms with van der Waals surface area (Å²) in [6.45, 7) is 2.16. The fourth-order valence-electron chi connectivity index (χ4n) is 2.95. The van der Waals surface area contributed by atoms with E-state index in [1.165, 1.54) is 44.4 Å². The summed E-state index contributed by atoms with van der Waals surface area (Å²) >= 11 is 5.95. The normalized spacial score (nSPS) is 14.8. The molecule has 3 rings (SSSR count). The average molecular weight is 440 g/mol. The third kappa shape index (κ3) is 4.64. The van der Waals surface area contributed by atoms with Gasteiger partial charge in [0.05, 0.1) is 29.4 Å². The standard InChI is InChI=1S/C19H22ClN3O5S/c1-22(2)29(26,27)14-4-5-17(23-7-9-28-10-8-23)15(12-14)19(25)21-16-11-13(20)3-6-18(16)24/h3-6,11-12,24H,7-10H2,1-2H3,(H,21,25). The van der Waals surface area contributed by atoms with Crippen LogP contribution in [0.15, 0.2) is 41.3 Å². The van der Waals surface area contributed by atoms with Gasteiger partial charge >= 0.3 is 0 Å². The molecule has 156 valence electrons. The zero-order valence-corrected chi connectivity index (χ0v) is 17.6. The van der Waals surface area contributed by atoms with Gasteiger partial charge in [-0.25, -0.2) is 12.7 Å². The second-order valence-electron chi connectivity index (χ2n) is 6.68. The van der Waals surface area contributed by atoms with Gasteiger partial charge in [0.2, 0.25) is 10.0 Å². The molecule has 0 radical (unpaired) electrons. The van der Waals surface area contributed by atoms with E-state index in [0.717, 1.165) is 4.31 Å². The lowest BCUT2D eigenvalue weighted by molar-refractivity contribution is 0.102. The molecule has 1 saturated heterocycles. The highest BCUT2D eigenvalue weighted by Crippen LogP contribution is 2.30. The number of ether oxygens (including phenoxy) is 1. The Labute approximate surface area is 174 Å². The molecule has 1 aliphatic rings. The summed E-state index contributed by atoms with van der Waals surface area (Å²) in [7, 11) is -0.877. The van der Waals surface area contributed by atoms with Crippen molar-refractivity contribution in [1.82, 2.24) is 4.31 Å². The highest BCUT2D eigenvalue weighted by atomic mass is 35.5. The summed E-state index contributed by atoms with van der Waals surface area (Å²) in [5.74, 6) is -0.701. The van der Waals surface area contributed by atoms with Crippen molar-refractivity contribution in [2.24, 2.45) is 0 Å². The minimum Gasteiger partial charge on any atom is -0.506 e. The van der Waals surface area contributed by atoms with E-state index in [1.54, 1.807) is 6.07 Å². The van der Waals surface area contributed by atoms with Crippen LogP contribution in [0.4, 0.5) is 11.4 Å². The largest absolute Gasteiger partial charge is 0.506 e. The number of amides is 1. The molecule has 0 spiro atoms. The maximum absolute atomic E-state index is 13.1. The number of hydrogen-bond donors (Lipinski definition) is 2. The molecule has 2 aromatic carbocycles. The summed E-state index contributed by atoms with van der Waals surface area (Å²) in [5, 5.41) is 13.0. The molecule has 0 saturated carbocycles. The lowest BCUT2D eigenvalue weighted by Gasteiger charge is -2.30. The number of aromatic hydroxyl groups is 1. The Morgan fingerprint density at radius 1 is 1.17 bits per heavy atom. The molecule has 29 heavy (non-hydrogen) atoms. The Hall–Kier alpha value is -2.33. The van der Waals surface area contributed by atoms with E-state index >= 15 is 0 Å². The van der Waals surface area contributed by atoms with E-state index in [4.69, 9.17) is 16.3 Å². The molecular weight excluding hydrogens is 418 g/mol. The first kappa shape index (κ1) is 21.4. The molecule has 2 N–H and O–H groups in total. The van der Waals surface area contributed by atoms with Gasteiger partial charge in [0, 0.05) is 37.9 Å². The molecule has 0 bridgehead atoms. The second-order valence-corrected chi connectivity index (χ2v) is 9.27. The zero-order valence-electron chi connectivity index (χ0n) is 16.1. The molecule has 1 heterocycles. The molecule has 0 aromatic heterocycles. The fourth-order valence-corrected chi connectivity index (χ4v) is 4.05. The summed E-state index contributed by atoms with van der Waals surface area (Å²) in [4.78, 5) is 15.0. The van der Waals surface area contributed by atoms with Gasteiger partial charge in [0.1, 0.15) is 5.75 Å². The van der Waals surface area contributed by atoms with Crippen LogP contribution in [0.5, 0.6) is 5.75 Å². The topological polar surface area (TPSA) is 99.2 Å². The predicted molar refractivity (Wildman–Crippen MR) is 111 cm³/mol. The first-order valence-electron chi connectivity index (χ1n) is 8.89. The number of phenols is 1. The van der Waals surface area contributed by atoms with Crippen molar-refractivity contribution < 1.29 is 23.1 Å². The molecule has 0 atom stereocenters. The van der Waals surface area contributed by atoms with Crippen LogP contribution in [-0.2, 0) is 14.8 Å². The van der Waals surface area contributed by atoms with Crippen LogP contribution in [0.25, 0.3) is 0 Å². The maximum atomic E-state index is 13.1. The third-order valence-corrected chi connectivity index (χ3v) is 6.60. The molecule has 0 aliphatic carbocycles. The van der Waals surface area contributed by atoms with Gasteiger partial charge in [-0.3, -0.25) is 4.79 Å². The Bertz CT molecular complexity index is 1020. The van der Waals surface area contributed by atoms with E-state index in [9.17, 15) is 18.3 Å². The average Bonchev–Trinajstić information content (AvgIpc) is 2.70. The number of carbonyl (C=O) groups excluding carboxylic acids is 1. The van der Waals surface area contributed by atoms with Crippen LogP contribution in [-0.4, -0.2) is 64.1 Å². The van der Waals surface area contributed by atoms with Crippen LogP contribution in [0, 0.1) is 0 Å². The van der Waals surface area contributed by atoms with Crippen LogP contribution < -0.4 is 10.2 Å². The van der Waals surface area contributed by atoms with Crippen molar-refractivity contribution in [3.63, 3.8) is 0 Å². The van der Waals surface area contributed by atoms with E-state index in [2.05, 4.69) is 5.32 Å². The summed E-state index contributed by atoms with van der Waals surface area (Å²) in [6, 6.07) is 8.73. The molecule has 0 unspecified atom stereocenters. The number of morpholine rings is 1. The van der Waals surface area contributed by atoms with Crippen molar-refractivity contribution in [1.29, 1.82) is 0 Å². The number of hydrogen-bond acceptors (Lipinski definition) is 6. The molecule has 1 aliphatic heterocycles. The van der Waals surface area contributed by atoms with Gasteiger partial charge in [-0.15, -0.1) is 0 Å². The van der Waals surface area contributed by atoms with E-state index < -0.39 is 15.9 Å². The lowest BCUT2D eigenvalue weighted by Crippen LogP contribution is -2.37. The SMILES string of the molecule is CN(C)S(=O)(=O)c1ccc(N2CCOCC2)c(C(=O)Nc2cc(Cl)ccc2O)c1. The van der Waals surface area contributed by atoms with Gasteiger partial charge in [-0.2, -0.15) is 0 Å². The summed E-state index contributed by atoms with van der Waals surface area (Å²) < 4.78 is 31.6. The second kappa shape index (κ2) is 8.58. The number of carbonyl (C=O) groups is 1. The van der Waals surface area contributed by atoms with Crippen LogP contribution >= 0.6 is 11.6 Å². The van der Waals surface area contributed by atoms with E-state index in [1.807, 2.05) is 4.90 Å². The number of halogens is 1. The highest BCUT2D eigenvalue weighted by molar-refractivity contribution is 7.89.